The molecule has 0 aliphatic rings. The standard InChI is InChI=1S/C34H36N4O5.C2HF3O2/c1-23-9-7-8-12-29(23)36-34(42)37-30-18-17-28(21-32(30)43-3)38(24(2)39)27-15-13-26(14-16-27)31(22-33(40)41)35-20-19-25-10-5-4-6-11-25;3-2(4,5)1(6)7/h4-18,21,31,35H,19-20,22H2,1-3H3,(H,40,41)(H2,36,37,42);(H,6,7). The number of alkyl halides is 3. The third-order valence-corrected chi connectivity index (χ3v) is 7.22. The molecule has 5 N–H and O–H groups in total. The number of carboxylic acids is 2. The molecule has 0 bridgehead atoms. The van der Waals surface area contributed by atoms with Gasteiger partial charge in [-0.2, -0.15) is 13.2 Å². The molecule has 0 aliphatic heterocycles. The lowest BCUT2D eigenvalue weighted by Gasteiger charge is -2.24. The molecular formula is C36H37F3N4O7. The Balaban J connectivity index is 0.000000872. The predicted molar refractivity (Wildman–Crippen MR) is 183 cm³/mol. The number of hydrogen-bond donors (Lipinski definition) is 5. The van der Waals surface area contributed by atoms with E-state index in [9.17, 15) is 32.7 Å². The first-order chi connectivity index (χ1) is 23.7. The summed E-state index contributed by atoms with van der Waals surface area (Å²) in [5.74, 6) is -3.51. The van der Waals surface area contributed by atoms with Crippen LogP contribution in [0.1, 0.15) is 36.1 Å². The number of amides is 3. The summed E-state index contributed by atoms with van der Waals surface area (Å²) < 4.78 is 37.3. The molecule has 0 aromatic heterocycles. The number of para-hydroxylation sites is 1. The highest BCUT2D eigenvalue weighted by Gasteiger charge is 2.38. The van der Waals surface area contributed by atoms with E-state index in [1.165, 1.54) is 24.5 Å². The molecule has 0 saturated carbocycles. The molecule has 1 atom stereocenters. The van der Waals surface area contributed by atoms with Gasteiger partial charge in [-0.1, -0.05) is 60.7 Å². The summed E-state index contributed by atoms with van der Waals surface area (Å²) in [6, 6.07) is 29.0. The van der Waals surface area contributed by atoms with Crippen LogP contribution in [0.3, 0.4) is 0 Å². The van der Waals surface area contributed by atoms with E-state index in [1.54, 1.807) is 30.3 Å². The van der Waals surface area contributed by atoms with Gasteiger partial charge in [-0.25, -0.2) is 9.59 Å². The molecule has 3 amide bonds. The maximum Gasteiger partial charge on any atom is 0.490 e. The number of methoxy groups -OCH3 is 1. The number of nitrogens with one attached hydrogen (secondary N) is 3. The summed E-state index contributed by atoms with van der Waals surface area (Å²) in [4.78, 5) is 47.5. The van der Waals surface area contributed by atoms with Crippen LogP contribution < -0.4 is 25.6 Å². The molecular weight excluding hydrogens is 657 g/mol. The molecule has 0 radical (unpaired) electrons. The van der Waals surface area contributed by atoms with Crippen molar-refractivity contribution in [2.24, 2.45) is 0 Å². The van der Waals surface area contributed by atoms with E-state index in [2.05, 4.69) is 16.0 Å². The van der Waals surface area contributed by atoms with Crippen molar-refractivity contribution in [3.8, 4) is 5.75 Å². The number of hydrogen-bond acceptors (Lipinski definition) is 6. The lowest BCUT2D eigenvalue weighted by molar-refractivity contribution is -0.192. The van der Waals surface area contributed by atoms with E-state index in [1.807, 2.05) is 73.7 Å². The number of carboxylic acid groups (broad SMARTS) is 2. The first-order valence-corrected chi connectivity index (χ1v) is 15.2. The van der Waals surface area contributed by atoms with Crippen LogP contribution in [0.15, 0.2) is 97.1 Å². The Hall–Kier alpha value is -5.89. The van der Waals surface area contributed by atoms with Crippen LogP contribution in [0.5, 0.6) is 5.75 Å². The van der Waals surface area contributed by atoms with E-state index < -0.39 is 30.2 Å². The molecule has 0 spiro atoms. The number of carbonyl (C=O) groups is 4. The highest BCUT2D eigenvalue weighted by Crippen LogP contribution is 2.34. The number of benzene rings is 4. The van der Waals surface area contributed by atoms with Crippen LogP contribution in [0, 0.1) is 6.92 Å². The van der Waals surface area contributed by atoms with Crippen molar-refractivity contribution in [2.75, 3.05) is 29.2 Å². The van der Waals surface area contributed by atoms with Crippen LogP contribution in [0.25, 0.3) is 0 Å². The summed E-state index contributed by atoms with van der Waals surface area (Å²) >= 11 is 0. The Bertz CT molecular complexity index is 1770. The molecule has 0 fully saturated rings. The zero-order valence-corrected chi connectivity index (χ0v) is 27.5. The van der Waals surface area contributed by atoms with Crippen molar-refractivity contribution < 1.29 is 47.3 Å². The predicted octanol–water partition coefficient (Wildman–Crippen LogP) is 7.31. The van der Waals surface area contributed by atoms with Crippen molar-refractivity contribution in [3.05, 3.63) is 114 Å². The quantitative estimate of drug-likeness (QED) is 0.103. The van der Waals surface area contributed by atoms with Gasteiger partial charge in [0.25, 0.3) is 0 Å². The lowest BCUT2D eigenvalue weighted by Crippen LogP contribution is -2.26. The number of anilines is 4. The summed E-state index contributed by atoms with van der Waals surface area (Å²) in [5, 5.41) is 25.6. The molecule has 264 valence electrons. The third-order valence-electron chi connectivity index (χ3n) is 7.22. The number of urea groups is 1. The second kappa shape index (κ2) is 18.0. The molecule has 11 nitrogen and oxygen atoms in total. The minimum atomic E-state index is -5.08. The van der Waals surface area contributed by atoms with Crippen LogP contribution >= 0.6 is 0 Å². The lowest BCUT2D eigenvalue weighted by atomic mass is 10.0. The van der Waals surface area contributed by atoms with Crippen molar-refractivity contribution >= 4 is 46.6 Å². The molecule has 0 aliphatic carbocycles. The Morgan fingerprint density at radius 1 is 0.820 bits per heavy atom. The van der Waals surface area contributed by atoms with Crippen molar-refractivity contribution in [1.82, 2.24) is 5.32 Å². The number of aliphatic carboxylic acids is 2. The fourth-order valence-corrected chi connectivity index (χ4v) is 4.80. The van der Waals surface area contributed by atoms with Gasteiger partial charge in [-0.15, -0.1) is 0 Å². The number of nitrogens with zero attached hydrogens (tertiary/aromatic N) is 1. The Labute approximate surface area is 286 Å². The van der Waals surface area contributed by atoms with E-state index in [0.29, 0.717) is 35.0 Å². The topological polar surface area (TPSA) is 157 Å². The van der Waals surface area contributed by atoms with Gasteiger partial charge in [0.2, 0.25) is 5.91 Å². The maximum absolute atomic E-state index is 12.8. The molecule has 50 heavy (non-hydrogen) atoms. The molecule has 1 unspecified atom stereocenters. The Morgan fingerprint density at radius 2 is 1.40 bits per heavy atom. The maximum atomic E-state index is 12.8. The second-order valence-corrected chi connectivity index (χ2v) is 10.9. The van der Waals surface area contributed by atoms with Gasteiger partial charge in [-0.3, -0.25) is 14.5 Å². The van der Waals surface area contributed by atoms with E-state index >= 15 is 0 Å². The zero-order valence-electron chi connectivity index (χ0n) is 27.5. The van der Waals surface area contributed by atoms with Gasteiger partial charge in [0.15, 0.2) is 0 Å². The van der Waals surface area contributed by atoms with Crippen molar-refractivity contribution in [2.45, 2.75) is 38.9 Å². The average molecular weight is 695 g/mol. The fraction of sp³-hybridized carbons (Fsp3) is 0.222. The first-order valence-electron chi connectivity index (χ1n) is 15.2. The summed E-state index contributed by atoms with van der Waals surface area (Å²) in [6.45, 7) is 3.98. The molecule has 0 heterocycles. The van der Waals surface area contributed by atoms with Crippen LogP contribution in [0.4, 0.5) is 40.7 Å². The monoisotopic (exact) mass is 694 g/mol. The zero-order chi connectivity index (χ0) is 36.8. The van der Waals surface area contributed by atoms with Gasteiger partial charge in [0.1, 0.15) is 5.75 Å². The minimum absolute atomic E-state index is 0.0758. The van der Waals surface area contributed by atoms with Gasteiger partial charge in [0, 0.05) is 30.4 Å². The fourth-order valence-electron chi connectivity index (χ4n) is 4.80. The largest absolute Gasteiger partial charge is 0.494 e. The van der Waals surface area contributed by atoms with Gasteiger partial charge in [-0.05, 0) is 66.9 Å². The number of ether oxygens (including phenoxy) is 1. The van der Waals surface area contributed by atoms with E-state index in [4.69, 9.17) is 14.6 Å². The van der Waals surface area contributed by atoms with Crippen LogP contribution in [-0.4, -0.2) is 53.9 Å². The number of halogens is 3. The average Bonchev–Trinajstić information content (AvgIpc) is 3.06. The third kappa shape index (κ3) is 11.7. The van der Waals surface area contributed by atoms with E-state index in [-0.39, 0.29) is 12.3 Å². The number of aryl methyl sites for hydroxylation is 1. The number of rotatable bonds is 12. The summed E-state index contributed by atoms with van der Waals surface area (Å²) in [6.07, 6.45) is -4.39. The van der Waals surface area contributed by atoms with Crippen molar-refractivity contribution in [3.63, 3.8) is 0 Å². The number of carbonyl (C=O) groups excluding carboxylic acids is 2. The normalized spacial score (nSPS) is 11.3. The van der Waals surface area contributed by atoms with Crippen LogP contribution in [0.2, 0.25) is 0 Å². The SMILES string of the molecule is COc1cc(N(C(C)=O)c2ccc(C(CC(=O)O)NCCc3ccccc3)cc2)ccc1NC(=O)Nc1ccccc1C.O=C(O)C(F)(F)F. The molecule has 4 rings (SSSR count). The Morgan fingerprint density at radius 3 is 1.96 bits per heavy atom. The highest BCUT2D eigenvalue weighted by molar-refractivity contribution is 6.02. The molecule has 0 saturated heterocycles. The van der Waals surface area contributed by atoms with Gasteiger partial charge < -0.3 is 30.9 Å². The Kier molecular flexibility index (Phi) is 13.9. The smallest absolute Gasteiger partial charge is 0.490 e. The minimum Gasteiger partial charge on any atom is -0.494 e. The highest BCUT2D eigenvalue weighted by atomic mass is 19.4. The second-order valence-electron chi connectivity index (χ2n) is 10.9. The molecule has 4 aromatic rings. The van der Waals surface area contributed by atoms with E-state index in [0.717, 1.165) is 17.5 Å². The van der Waals surface area contributed by atoms with Crippen LogP contribution in [-0.2, 0) is 20.8 Å². The summed E-state index contributed by atoms with van der Waals surface area (Å²) in [5.41, 5.74) is 5.19. The first kappa shape index (κ1) is 38.6. The van der Waals surface area contributed by atoms with Gasteiger partial charge in [0.05, 0.1) is 24.9 Å². The molecule has 4 aromatic carbocycles. The molecule has 14 heteroatoms. The summed E-state index contributed by atoms with van der Waals surface area (Å²) in [7, 11) is 1.49. The van der Waals surface area contributed by atoms with Gasteiger partial charge >= 0.3 is 24.1 Å². The van der Waals surface area contributed by atoms with Crippen molar-refractivity contribution in [1.29, 1.82) is 0 Å².